The predicted molar refractivity (Wildman–Crippen MR) is 50.4 cm³/mol. The highest BCUT2D eigenvalue weighted by molar-refractivity contribution is 14.1. The van der Waals surface area contributed by atoms with Gasteiger partial charge in [-0.3, -0.25) is 4.74 Å². The Bertz CT molecular complexity index is 309. The van der Waals surface area contributed by atoms with E-state index >= 15 is 0 Å². The van der Waals surface area contributed by atoms with Crippen molar-refractivity contribution in [1.29, 1.82) is 0 Å². The summed E-state index contributed by atoms with van der Waals surface area (Å²) in [6.45, 7) is 0. The Balaban J connectivity index is 5.33. The van der Waals surface area contributed by atoms with Gasteiger partial charge in [0.05, 0.1) is 0 Å². The lowest BCUT2D eigenvalue weighted by atomic mass is 10.3. The number of alkyl halides is 12. The first-order valence-electron chi connectivity index (χ1n) is 3.43. The molecule has 0 N–H and O–H groups in total. The minimum atomic E-state index is -6.24. The highest BCUT2D eigenvalue weighted by Crippen LogP contribution is 2.54. The van der Waals surface area contributed by atoms with Gasteiger partial charge in [0, 0.05) is 0 Å². The second kappa shape index (κ2) is 4.88. The van der Waals surface area contributed by atoms with Gasteiger partial charge in [-0.15, -0.1) is 0 Å². The summed E-state index contributed by atoms with van der Waals surface area (Å²) < 4.78 is 107. The van der Waals surface area contributed by atoms with Crippen LogP contribution in [0.15, 0.2) is 0 Å². The van der Waals surface area contributed by atoms with Crippen LogP contribution in [-0.2, 0) is 4.74 Å². The minimum Gasteiger partial charge on any atom is -0.260 e. The van der Waals surface area contributed by atoms with Crippen LogP contribution in [0.2, 0.25) is 0 Å². The molecule has 0 saturated heterocycles. The first-order chi connectivity index (χ1) is 7.46. The summed E-state index contributed by atoms with van der Waals surface area (Å²) in [5, 5.41) is -10.6. The summed E-state index contributed by atoms with van der Waals surface area (Å²) in [4.78, 5) is 0. The van der Waals surface area contributed by atoms with Crippen molar-refractivity contribution in [3.05, 3.63) is 0 Å². The highest BCUT2D eigenvalue weighted by Gasteiger charge is 2.75. The molecule has 0 aliphatic carbocycles. The van der Waals surface area contributed by atoms with Crippen molar-refractivity contribution in [3.8, 4) is 0 Å². The smallest absolute Gasteiger partial charge is 0.260 e. The molecule has 0 heterocycles. The van der Waals surface area contributed by atoms with Crippen LogP contribution >= 0.6 is 45.8 Å². The van der Waals surface area contributed by atoms with Gasteiger partial charge in [0.2, 0.25) is 0 Å². The van der Waals surface area contributed by atoms with E-state index in [1.807, 2.05) is 0 Å². The third-order valence-electron chi connectivity index (χ3n) is 1.31. The molecule has 2 unspecified atom stereocenters. The highest BCUT2D eigenvalue weighted by atomic mass is 127. The van der Waals surface area contributed by atoms with Crippen LogP contribution in [-0.4, -0.2) is 26.7 Å². The topological polar surface area (TPSA) is 9.23 Å². The predicted octanol–water partition coefficient (Wildman–Crippen LogP) is 4.95. The normalized spacial score (nSPS) is 21.3. The molecule has 13 heteroatoms. The standard InChI is InChI=1S/C5Cl2F9IO/c6-2(9,10)3(7,11)18-5(15,16)1(8,17)4(12,13)14. The fourth-order valence-corrected chi connectivity index (χ4v) is 0.694. The second-order valence-corrected chi connectivity index (χ2v) is 5.15. The average Bonchev–Trinajstić information content (AvgIpc) is 1.96. The van der Waals surface area contributed by atoms with Gasteiger partial charge in [-0.1, -0.05) is 0 Å². The number of rotatable bonds is 4. The number of ether oxygens (including phenoxy) is 1. The van der Waals surface area contributed by atoms with Gasteiger partial charge < -0.3 is 0 Å². The Labute approximate surface area is 117 Å². The van der Waals surface area contributed by atoms with E-state index in [1.54, 1.807) is 0 Å². The SMILES string of the molecule is FC(F)(F)C(F)(I)C(F)(F)OC(F)(Cl)C(F)(F)Cl. The lowest BCUT2D eigenvalue weighted by molar-refractivity contribution is -0.392. The van der Waals surface area contributed by atoms with Gasteiger partial charge in [-0.2, -0.15) is 35.1 Å². The monoisotopic (exact) mass is 444 g/mol. The zero-order valence-electron chi connectivity index (χ0n) is 7.44. The molecule has 18 heavy (non-hydrogen) atoms. The van der Waals surface area contributed by atoms with Crippen molar-refractivity contribution < 1.29 is 44.3 Å². The zero-order valence-corrected chi connectivity index (χ0v) is 11.1. The van der Waals surface area contributed by atoms with Crippen molar-refractivity contribution in [2.75, 3.05) is 0 Å². The quantitative estimate of drug-likeness (QED) is 0.338. The lowest BCUT2D eigenvalue weighted by Crippen LogP contribution is -2.56. The largest absolute Gasteiger partial charge is 0.440 e. The number of halogens is 12. The van der Waals surface area contributed by atoms with Crippen molar-refractivity contribution in [3.63, 3.8) is 0 Å². The third-order valence-corrected chi connectivity index (χ3v) is 3.20. The third kappa shape index (κ3) is 3.60. The molecule has 110 valence electrons. The van der Waals surface area contributed by atoms with E-state index in [0.29, 0.717) is 0 Å². The molecule has 0 aromatic rings. The van der Waals surface area contributed by atoms with Gasteiger partial charge in [0.15, 0.2) is 0 Å². The Morgan fingerprint density at radius 3 is 1.33 bits per heavy atom. The van der Waals surface area contributed by atoms with E-state index in [9.17, 15) is 39.5 Å². The molecule has 0 amide bonds. The molecule has 0 aliphatic heterocycles. The molecule has 0 fully saturated rings. The Hall–Kier alpha value is 0.640. The van der Waals surface area contributed by atoms with E-state index in [1.165, 1.54) is 0 Å². The first kappa shape index (κ1) is 18.6. The van der Waals surface area contributed by atoms with E-state index in [4.69, 9.17) is 0 Å². The molecule has 0 aromatic carbocycles. The van der Waals surface area contributed by atoms with Crippen LogP contribution in [0.1, 0.15) is 0 Å². The molecule has 0 spiro atoms. The van der Waals surface area contributed by atoms with Crippen LogP contribution in [0, 0.1) is 0 Å². The molecule has 1 nitrogen and oxygen atoms in total. The molecule has 0 saturated carbocycles. The van der Waals surface area contributed by atoms with Crippen LogP contribution < -0.4 is 0 Å². The number of hydrogen-bond acceptors (Lipinski definition) is 1. The van der Waals surface area contributed by atoms with Gasteiger partial charge in [-0.05, 0) is 45.8 Å². The summed E-state index contributed by atoms with van der Waals surface area (Å²) >= 11 is 7.47. The van der Waals surface area contributed by atoms with Gasteiger partial charge in [0.1, 0.15) is 0 Å². The molecule has 0 radical (unpaired) electrons. The fraction of sp³-hybridized carbons (Fsp3) is 1.00. The zero-order chi connectivity index (χ0) is 15.2. The lowest BCUT2D eigenvalue weighted by Gasteiger charge is -2.33. The van der Waals surface area contributed by atoms with Crippen molar-refractivity contribution in [1.82, 2.24) is 0 Å². The van der Waals surface area contributed by atoms with Gasteiger partial charge >= 0.3 is 26.7 Å². The van der Waals surface area contributed by atoms with Crippen molar-refractivity contribution in [2.24, 2.45) is 0 Å². The maximum Gasteiger partial charge on any atom is 0.440 e. The fourth-order valence-electron chi connectivity index (χ4n) is 0.448. The van der Waals surface area contributed by atoms with Gasteiger partial charge in [-0.25, -0.2) is 4.39 Å². The molecular formula is C5Cl2F9IO. The summed E-state index contributed by atoms with van der Waals surface area (Å²) in [5.74, 6) is 0. The van der Waals surface area contributed by atoms with Crippen molar-refractivity contribution in [2.45, 2.75) is 26.7 Å². The number of hydrogen-bond donors (Lipinski definition) is 0. The average molecular weight is 445 g/mol. The van der Waals surface area contributed by atoms with E-state index in [2.05, 4.69) is 27.9 Å². The molecule has 0 aromatic heterocycles. The van der Waals surface area contributed by atoms with Crippen molar-refractivity contribution >= 4 is 45.8 Å². The van der Waals surface area contributed by atoms with Gasteiger partial charge in [0.25, 0.3) is 0 Å². The molecule has 0 aliphatic rings. The Morgan fingerprint density at radius 2 is 1.11 bits per heavy atom. The Morgan fingerprint density at radius 1 is 0.778 bits per heavy atom. The summed E-state index contributed by atoms with van der Waals surface area (Å²) in [5.41, 5.74) is 0. The molecule has 0 bridgehead atoms. The van der Waals surface area contributed by atoms with Crippen LogP contribution in [0.25, 0.3) is 0 Å². The van der Waals surface area contributed by atoms with Crippen LogP contribution in [0.4, 0.5) is 39.5 Å². The second-order valence-electron chi connectivity index (χ2n) is 2.71. The van der Waals surface area contributed by atoms with Crippen LogP contribution in [0.5, 0.6) is 0 Å². The first-order valence-corrected chi connectivity index (χ1v) is 5.26. The molecule has 2 atom stereocenters. The summed E-state index contributed by atoms with van der Waals surface area (Å²) in [6, 6.07) is 0. The maximum atomic E-state index is 12.8. The Kier molecular flexibility index (Phi) is 5.05. The maximum absolute atomic E-state index is 12.8. The summed E-state index contributed by atoms with van der Waals surface area (Å²) in [6.07, 6.45) is -12.3. The summed E-state index contributed by atoms with van der Waals surface area (Å²) in [7, 11) is 0. The minimum absolute atomic E-state index is 0.487. The van der Waals surface area contributed by atoms with E-state index < -0.39 is 49.2 Å². The molecule has 0 rings (SSSR count). The van der Waals surface area contributed by atoms with Crippen LogP contribution in [0.3, 0.4) is 0 Å². The molecular weight excluding hydrogens is 445 g/mol. The van der Waals surface area contributed by atoms with E-state index in [0.717, 1.165) is 0 Å². The van der Waals surface area contributed by atoms with E-state index in [-0.39, 0.29) is 0 Å².